The number of hydrogen-bond donors (Lipinski definition) is 0. The van der Waals surface area contributed by atoms with Crippen LogP contribution in [0, 0.1) is 5.92 Å². The molecule has 0 aliphatic carbocycles. The van der Waals surface area contributed by atoms with Crippen molar-refractivity contribution in [2.75, 3.05) is 0 Å². The van der Waals surface area contributed by atoms with Crippen LogP contribution in [0.15, 0.2) is 0 Å². The van der Waals surface area contributed by atoms with Crippen LogP contribution in [0.1, 0.15) is 78.6 Å². The lowest BCUT2D eigenvalue weighted by atomic mass is 9.96. The Morgan fingerprint density at radius 1 is 0.895 bits per heavy atom. The Morgan fingerprint density at radius 2 is 1.47 bits per heavy atom. The topological polar surface area (TPSA) is 51.2 Å². The first kappa shape index (κ1) is 18.0. The van der Waals surface area contributed by atoms with Gasteiger partial charge in [0.1, 0.15) is 17.3 Å². The van der Waals surface area contributed by atoms with Gasteiger partial charge in [-0.2, -0.15) is 0 Å². The van der Waals surface area contributed by atoms with Crippen LogP contribution in [0.4, 0.5) is 0 Å². The lowest BCUT2D eigenvalue weighted by molar-refractivity contribution is -0.121. The van der Waals surface area contributed by atoms with E-state index < -0.39 is 0 Å². The highest BCUT2D eigenvalue weighted by Crippen LogP contribution is 2.14. The number of rotatable bonds is 12. The fourth-order valence-corrected chi connectivity index (χ4v) is 2.04. The summed E-state index contributed by atoms with van der Waals surface area (Å²) in [5.41, 5.74) is 0. The summed E-state index contributed by atoms with van der Waals surface area (Å²) in [4.78, 5) is 33.6. The van der Waals surface area contributed by atoms with Crippen LogP contribution in [0.5, 0.6) is 0 Å². The molecule has 0 radical (unpaired) electrons. The van der Waals surface area contributed by atoms with Gasteiger partial charge in [0, 0.05) is 32.1 Å². The van der Waals surface area contributed by atoms with Crippen LogP contribution < -0.4 is 0 Å². The van der Waals surface area contributed by atoms with Gasteiger partial charge in [-0.25, -0.2) is 0 Å². The summed E-state index contributed by atoms with van der Waals surface area (Å²) in [7, 11) is 0. The Labute approximate surface area is 117 Å². The summed E-state index contributed by atoms with van der Waals surface area (Å²) in [6.45, 7) is 5.50. The quantitative estimate of drug-likeness (QED) is 0.505. The average Bonchev–Trinajstić information content (AvgIpc) is 2.35. The fourth-order valence-electron chi connectivity index (χ4n) is 2.04. The maximum absolute atomic E-state index is 11.7. The largest absolute Gasteiger partial charge is 0.300 e. The molecule has 3 heteroatoms. The normalized spacial score (nSPS) is 12.2. The van der Waals surface area contributed by atoms with Gasteiger partial charge in [-0.05, 0) is 32.1 Å². The summed E-state index contributed by atoms with van der Waals surface area (Å²) in [6.07, 6.45) is 6.60. The van der Waals surface area contributed by atoms with Crippen molar-refractivity contribution >= 4 is 17.3 Å². The first-order valence-corrected chi connectivity index (χ1v) is 7.48. The van der Waals surface area contributed by atoms with E-state index in [2.05, 4.69) is 0 Å². The number of ketones is 3. The molecule has 0 aliphatic heterocycles. The number of carbonyl (C=O) groups is 3. The van der Waals surface area contributed by atoms with Crippen molar-refractivity contribution < 1.29 is 14.4 Å². The molecular weight excluding hydrogens is 240 g/mol. The molecule has 1 unspecified atom stereocenters. The molecule has 0 saturated heterocycles. The van der Waals surface area contributed by atoms with Crippen LogP contribution in [0.2, 0.25) is 0 Å². The second kappa shape index (κ2) is 10.9. The molecule has 0 saturated carbocycles. The molecule has 0 heterocycles. The molecule has 0 N–H and O–H groups in total. The van der Waals surface area contributed by atoms with Crippen LogP contribution in [0.25, 0.3) is 0 Å². The van der Waals surface area contributed by atoms with E-state index in [4.69, 9.17) is 0 Å². The zero-order valence-electron chi connectivity index (χ0n) is 12.7. The maximum Gasteiger partial charge on any atom is 0.133 e. The second-order valence-corrected chi connectivity index (χ2v) is 5.54. The van der Waals surface area contributed by atoms with Gasteiger partial charge in [0.25, 0.3) is 0 Å². The Morgan fingerprint density at radius 3 is 2.00 bits per heavy atom. The predicted molar refractivity (Wildman–Crippen MR) is 77.1 cm³/mol. The zero-order chi connectivity index (χ0) is 14.7. The zero-order valence-corrected chi connectivity index (χ0v) is 12.7. The average molecular weight is 268 g/mol. The highest BCUT2D eigenvalue weighted by atomic mass is 16.1. The van der Waals surface area contributed by atoms with Crippen molar-refractivity contribution in [1.82, 2.24) is 0 Å². The Balaban J connectivity index is 3.53. The van der Waals surface area contributed by atoms with Crippen LogP contribution >= 0.6 is 0 Å². The molecule has 0 bridgehead atoms. The Hall–Kier alpha value is -0.990. The molecule has 19 heavy (non-hydrogen) atoms. The first-order valence-electron chi connectivity index (χ1n) is 7.48. The van der Waals surface area contributed by atoms with Crippen molar-refractivity contribution in [1.29, 1.82) is 0 Å². The third-order valence-corrected chi connectivity index (χ3v) is 3.37. The van der Waals surface area contributed by atoms with Gasteiger partial charge in [-0.15, -0.1) is 0 Å². The van der Waals surface area contributed by atoms with Crippen molar-refractivity contribution in [3.63, 3.8) is 0 Å². The van der Waals surface area contributed by atoms with Crippen LogP contribution in [0.3, 0.4) is 0 Å². The number of unbranched alkanes of at least 4 members (excludes halogenated alkanes) is 2. The standard InChI is InChI=1S/C16H28O3/c1-4-15(18)8-6-5-7-9-16(19)12-13(2)10-11-14(3)17/h13H,4-12H2,1-3H3. The van der Waals surface area contributed by atoms with E-state index in [9.17, 15) is 14.4 Å². The third-order valence-electron chi connectivity index (χ3n) is 3.37. The van der Waals surface area contributed by atoms with Gasteiger partial charge in [-0.3, -0.25) is 9.59 Å². The lowest BCUT2D eigenvalue weighted by Gasteiger charge is -2.09. The maximum atomic E-state index is 11.7. The number of Topliss-reactive ketones (excluding diaryl/α,β-unsaturated/α-hetero) is 3. The molecular formula is C16H28O3. The highest BCUT2D eigenvalue weighted by Gasteiger charge is 2.10. The van der Waals surface area contributed by atoms with Gasteiger partial charge in [-0.1, -0.05) is 20.3 Å². The first-order chi connectivity index (χ1) is 8.95. The SMILES string of the molecule is CCC(=O)CCCCCC(=O)CC(C)CCC(C)=O. The summed E-state index contributed by atoms with van der Waals surface area (Å²) >= 11 is 0. The molecule has 0 aliphatic rings. The fraction of sp³-hybridized carbons (Fsp3) is 0.812. The summed E-state index contributed by atoms with van der Waals surface area (Å²) in [5, 5.41) is 0. The molecule has 1 atom stereocenters. The van der Waals surface area contributed by atoms with Gasteiger partial charge >= 0.3 is 0 Å². The van der Waals surface area contributed by atoms with Crippen LogP contribution in [-0.2, 0) is 14.4 Å². The number of hydrogen-bond acceptors (Lipinski definition) is 3. The summed E-state index contributed by atoms with van der Waals surface area (Å²) in [6, 6.07) is 0. The molecule has 110 valence electrons. The van der Waals surface area contributed by atoms with Gasteiger partial charge in [0.05, 0.1) is 0 Å². The molecule has 0 spiro atoms. The Bertz CT molecular complexity index is 294. The monoisotopic (exact) mass is 268 g/mol. The van der Waals surface area contributed by atoms with E-state index in [1.54, 1.807) is 6.92 Å². The van der Waals surface area contributed by atoms with Crippen molar-refractivity contribution in [2.24, 2.45) is 5.92 Å². The Kier molecular flexibility index (Phi) is 10.3. The predicted octanol–water partition coefficient (Wildman–Crippen LogP) is 3.88. The van der Waals surface area contributed by atoms with E-state index in [1.807, 2.05) is 13.8 Å². The van der Waals surface area contributed by atoms with E-state index in [-0.39, 0.29) is 11.6 Å². The third kappa shape index (κ3) is 11.8. The molecule has 0 amide bonds. The molecule has 0 aromatic heterocycles. The molecule has 0 rings (SSSR count). The van der Waals surface area contributed by atoms with Gasteiger partial charge in [0.2, 0.25) is 0 Å². The second-order valence-electron chi connectivity index (χ2n) is 5.54. The smallest absolute Gasteiger partial charge is 0.133 e. The lowest BCUT2D eigenvalue weighted by Crippen LogP contribution is -2.07. The minimum absolute atomic E-state index is 0.194. The molecule has 3 nitrogen and oxygen atoms in total. The highest BCUT2D eigenvalue weighted by molar-refractivity contribution is 5.79. The van der Waals surface area contributed by atoms with Crippen LogP contribution in [-0.4, -0.2) is 17.3 Å². The van der Waals surface area contributed by atoms with Crippen molar-refractivity contribution in [2.45, 2.75) is 78.6 Å². The summed E-state index contributed by atoms with van der Waals surface area (Å²) < 4.78 is 0. The molecule has 0 aromatic rings. The molecule has 0 fully saturated rings. The number of carbonyl (C=O) groups excluding carboxylic acids is 3. The van der Waals surface area contributed by atoms with E-state index in [1.165, 1.54) is 0 Å². The molecule has 0 aromatic carbocycles. The van der Waals surface area contributed by atoms with Crippen molar-refractivity contribution in [3.05, 3.63) is 0 Å². The van der Waals surface area contributed by atoms with Crippen molar-refractivity contribution in [3.8, 4) is 0 Å². The minimum Gasteiger partial charge on any atom is -0.300 e. The van der Waals surface area contributed by atoms with E-state index in [0.29, 0.717) is 43.8 Å². The van der Waals surface area contributed by atoms with Gasteiger partial charge < -0.3 is 4.79 Å². The summed E-state index contributed by atoms with van der Waals surface area (Å²) in [5.74, 6) is 1.10. The minimum atomic E-state index is 0.194. The van der Waals surface area contributed by atoms with E-state index in [0.717, 1.165) is 25.7 Å². The van der Waals surface area contributed by atoms with E-state index >= 15 is 0 Å². The van der Waals surface area contributed by atoms with Gasteiger partial charge in [0.15, 0.2) is 0 Å².